The van der Waals surface area contributed by atoms with Gasteiger partial charge >= 0.3 is 5.69 Å². The van der Waals surface area contributed by atoms with Crippen LogP contribution in [0.4, 0.5) is 11.5 Å². The van der Waals surface area contributed by atoms with Crippen molar-refractivity contribution in [1.82, 2.24) is 9.97 Å². The van der Waals surface area contributed by atoms with Crippen LogP contribution in [0.3, 0.4) is 0 Å². The maximum absolute atomic E-state index is 10.7. The van der Waals surface area contributed by atoms with Gasteiger partial charge in [0.1, 0.15) is 11.9 Å². The number of aromatic nitrogens is 2. The molecule has 0 aliphatic heterocycles. The summed E-state index contributed by atoms with van der Waals surface area (Å²) in [4.78, 5) is 18.3. The Bertz CT molecular complexity index is 709. The van der Waals surface area contributed by atoms with Gasteiger partial charge in [-0.25, -0.2) is 4.98 Å². The minimum atomic E-state index is -0.622. The van der Waals surface area contributed by atoms with Gasteiger partial charge in [-0.15, -0.1) is 0 Å². The monoisotopic (exact) mass is 283 g/mol. The summed E-state index contributed by atoms with van der Waals surface area (Å²) in [6.07, 6.45) is 2.57. The Morgan fingerprint density at radius 1 is 1.43 bits per heavy atom. The predicted molar refractivity (Wildman–Crippen MR) is 76.5 cm³/mol. The van der Waals surface area contributed by atoms with Crippen LogP contribution in [0, 0.1) is 21.4 Å². The fourth-order valence-corrected chi connectivity index (χ4v) is 1.91. The van der Waals surface area contributed by atoms with Crippen molar-refractivity contribution in [1.29, 1.82) is 5.26 Å². The van der Waals surface area contributed by atoms with Gasteiger partial charge in [0.2, 0.25) is 5.69 Å². The van der Waals surface area contributed by atoms with E-state index in [2.05, 4.69) is 15.3 Å². The lowest BCUT2D eigenvalue weighted by molar-refractivity contribution is -0.385. The molecule has 0 aromatic carbocycles. The summed E-state index contributed by atoms with van der Waals surface area (Å²) in [5.74, 6) is 0.407. The normalized spacial score (nSPS) is 9.90. The lowest BCUT2D eigenvalue weighted by Gasteiger charge is -2.08. The number of nitriles is 1. The van der Waals surface area contributed by atoms with Crippen molar-refractivity contribution in [3.8, 4) is 6.07 Å². The smallest absolute Gasteiger partial charge is 0.305 e. The number of hydrogen-bond acceptors (Lipinski definition) is 6. The van der Waals surface area contributed by atoms with Crippen molar-refractivity contribution in [2.75, 3.05) is 5.32 Å². The molecule has 0 saturated heterocycles. The second-order valence-electron chi connectivity index (χ2n) is 4.25. The topological polar surface area (TPSA) is 105 Å². The summed E-state index contributed by atoms with van der Waals surface area (Å²) >= 11 is 0. The molecule has 1 N–H and O–H groups in total. The molecule has 0 radical (unpaired) electrons. The Hall–Kier alpha value is -3.01. The summed E-state index contributed by atoms with van der Waals surface area (Å²) in [6.45, 7) is 2.48. The Kier molecular flexibility index (Phi) is 4.41. The van der Waals surface area contributed by atoms with Gasteiger partial charge in [-0.05, 0) is 24.1 Å². The first-order chi connectivity index (χ1) is 10.2. The molecule has 0 fully saturated rings. The molecule has 0 bridgehead atoms. The molecule has 21 heavy (non-hydrogen) atoms. The van der Waals surface area contributed by atoms with Crippen LogP contribution in [-0.4, -0.2) is 14.9 Å². The molecule has 0 spiro atoms. The van der Waals surface area contributed by atoms with Gasteiger partial charge < -0.3 is 5.32 Å². The highest BCUT2D eigenvalue weighted by Crippen LogP contribution is 2.18. The first-order valence-electron chi connectivity index (χ1n) is 6.38. The molecule has 0 aliphatic rings. The third-order valence-corrected chi connectivity index (χ3v) is 2.98. The fourth-order valence-electron chi connectivity index (χ4n) is 1.91. The SMILES string of the molecule is CCc1cccnc1CNc1ccc([N+](=O)[O-])c(C#N)n1. The highest BCUT2D eigenvalue weighted by Gasteiger charge is 2.15. The molecule has 7 nitrogen and oxygen atoms in total. The molecule has 106 valence electrons. The van der Waals surface area contributed by atoms with E-state index in [0.29, 0.717) is 12.4 Å². The molecule has 0 amide bonds. The highest BCUT2D eigenvalue weighted by atomic mass is 16.6. The average Bonchev–Trinajstić information content (AvgIpc) is 2.52. The molecule has 2 rings (SSSR count). The van der Waals surface area contributed by atoms with E-state index in [4.69, 9.17) is 5.26 Å². The lowest BCUT2D eigenvalue weighted by Crippen LogP contribution is -2.07. The third kappa shape index (κ3) is 3.30. The van der Waals surface area contributed by atoms with Gasteiger partial charge in [-0.2, -0.15) is 5.26 Å². The van der Waals surface area contributed by atoms with Crippen molar-refractivity contribution in [3.05, 3.63) is 57.5 Å². The molecule has 0 saturated carbocycles. The van der Waals surface area contributed by atoms with Crippen molar-refractivity contribution in [3.63, 3.8) is 0 Å². The second-order valence-corrected chi connectivity index (χ2v) is 4.25. The van der Waals surface area contributed by atoms with Crippen LogP contribution in [0.5, 0.6) is 0 Å². The van der Waals surface area contributed by atoms with Crippen molar-refractivity contribution in [2.24, 2.45) is 0 Å². The van der Waals surface area contributed by atoms with Gasteiger partial charge in [-0.3, -0.25) is 15.1 Å². The van der Waals surface area contributed by atoms with Crippen molar-refractivity contribution >= 4 is 11.5 Å². The largest absolute Gasteiger partial charge is 0.364 e. The Morgan fingerprint density at radius 2 is 2.24 bits per heavy atom. The van der Waals surface area contributed by atoms with Gasteiger partial charge in [-0.1, -0.05) is 13.0 Å². The van der Waals surface area contributed by atoms with E-state index in [1.165, 1.54) is 12.1 Å². The summed E-state index contributed by atoms with van der Waals surface area (Å²) in [7, 11) is 0. The zero-order valence-corrected chi connectivity index (χ0v) is 11.4. The number of hydrogen-bond donors (Lipinski definition) is 1. The van der Waals surface area contributed by atoms with E-state index in [1.54, 1.807) is 12.3 Å². The van der Waals surface area contributed by atoms with Crippen LogP contribution in [-0.2, 0) is 13.0 Å². The van der Waals surface area contributed by atoms with E-state index in [0.717, 1.165) is 17.7 Å². The number of nitro groups is 1. The number of pyridine rings is 2. The van der Waals surface area contributed by atoms with Crippen LogP contribution in [0.15, 0.2) is 30.5 Å². The molecule has 0 aliphatic carbocycles. The zero-order valence-electron chi connectivity index (χ0n) is 11.4. The summed E-state index contributed by atoms with van der Waals surface area (Å²) in [5.41, 5.74) is 1.50. The van der Waals surface area contributed by atoms with Gasteiger partial charge in [0, 0.05) is 12.3 Å². The molecule has 2 aromatic rings. The quantitative estimate of drug-likeness (QED) is 0.667. The molecular formula is C14H13N5O2. The van der Waals surface area contributed by atoms with Crippen LogP contribution < -0.4 is 5.32 Å². The second kappa shape index (κ2) is 6.43. The fraction of sp³-hybridized carbons (Fsp3) is 0.214. The van der Waals surface area contributed by atoms with Gasteiger partial charge in [0.05, 0.1) is 17.2 Å². The summed E-state index contributed by atoms with van der Waals surface area (Å²) in [5, 5.41) is 22.7. The lowest BCUT2D eigenvalue weighted by atomic mass is 10.1. The summed E-state index contributed by atoms with van der Waals surface area (Å²) in [6, 6.07) is 8.35. The molecule has 2 aromatic heterocycles. The third-order valence-electron chi connectivity index (χ3n) is 2.98. The highest BCUT2D eigenvalue weighted by molar-refractivity contribution is 5.50. The molecular weight excluding hydrogens is 270 g/mol. The minimum absolute atomic E-state index is 0.207. The average molecular weight is 283 g/mol. The number of rotatable bonds is 5. The van der Waals surface area contributed by atoms with Crippen molar-refractivity contribution < 1.29 is 4.92 Å². The number of anilines is 1. The van der Waals surface area contributed by atoms with Gasteiger partial charge in [0.15, 0.2) is 0 Å². The maximum Gasteiger partial charge on any atom is 0.305 e. The number of nitrogens with zero attached hydrogens (tertiary/aromatic N) is 4. The Morgan fingerprint density at radius 3 is 2.90 bits per heavy atom. The maximum atomic E-state index is 10.7. The molecule has 7 heteroatoms. The van der Waals surface area contributed by atoms with Gasteiger partial charge in [0.25, 0.3) is 0 Å². The van der Waals surface area contributed by atoms with Crippen LogP contribution in [0.1, 0.15) is 23.9 Å². The van der Waals surface area contributed by atoms with E-state index >= 15 is 0 Å². The minimum Gasteiger partial charge on any atom is -0.364 e. The Balaban J connectivity index is 2.18. The zero-order chi connectivity index (χ0) is 15.2. The Labute approximate surface area is 121 Å². The first kappa shape index (κ1) is 14.4. The standard InChI is InChI=1S/C14H13N5O2/c1-2-10-4-3-7-16-12(10)9-17-14-6-5-13(19(20)21)11(8-15)18-14/h3-7H,2,9H2,1H3,(H,17,18). The van der Waals surface area contributed by atoms with E-state index in [-0.39, 0.29) is 11.4 Å². The number of nitrogens with one attached hydrogen (secondary N) is 1. The van der Waals surface area contributed by atoms with E-state index in [1.807, 2.05) is 19.1 Å². The van der Waals surface area contributed by atoms with Crippen molar-refractivity contribution in [2.45, 2.75) is 19.9 Å². The van der Waals surface area contributed by atoms with E-state index in [9.17, 15) is 10.1 Å². The summed E-state index contributed by atoms with van der Waals surface area (Å²) < 4.78 is 0. The number of aryl methyl sites for hydroxylation is 1. The molecule has 0 unspecified atom stereocenters. The molecule has 0 atom stereocenters. The first-order valence-corrected chi connectivity index (χ1v) is 6.38. The van der Waals surface area contributed by atoms with Crippen LogP contribution >= 0.6 is 0 Å². The van der Waals surface area contributed by atoms with Crippen LogP contribution in [0.25, 0.3) is 0 Å². The molecule has 2 heterocycles. The van der Waals surface area contributed by atoms with Crippen LogP contribution in [0.2, 0.25) is 0 Å². The van der Waals surface area contributed by atoms with E-state index < -0.39 is 4.92 Å². The predicted octanol–water partition coefficient (Wildman–Crippen LogP) is 2.43.